The lowest BCUT2D eigenvalue weighted by molar-refractivity contribution is 0.0699. The zero-order chi connectivity index (χ0) is 13.1. The van der Waals surface area contributed by atoms with Crippen molar-refractivity contribution in [1.82, 2.24) is 9.88 Å². The van der Waals surface area contributed by atoms with Crippen LogP contribution in [-0.4, -0.2) is 40.6 Å². The van der Waals surface area contributed by atoms with Gasteiger partial charge in [-0.3, -0.25) is 4.79 Å². The van der Waals surface area contributed by atoms with E-state index in [1.54, 1.807) is 30.7 Å². The summed E-state index contributed by atoms with van der Waals surface area (Å²) in [5, 5.41) is 13.9. The minimum atomic E-state index is -0.533. The number of aliphatic hydroxyl groups is 1. The van der Waals surface area contributed by atoms with Crippen LogP contribution in [0, 0.1) is 0 Å². The number of hydrogen-bond acceptors (Lipinski definition) is 5. The molecule has 0 aliphatic heterocycles. The molecule has 6 heteroatoms. The Morgan fingerprint density at radius 1 is 1.56 bits per heavy atom. The van der Waals surface area contributed by atoms with E-state index < -0.39 is 6.10 Å². The lowest BCUT2D eigenvalue weighted by atomic mass is 10.3. The normalized spacial score (nSPS) is 12.4. The summed E-state index contributed by atoms with van der Waals surface area (Å²) in [6.07, 6.45) is -0.533. The fourth-order valence-corrected chi connectivity index (χ4v) is 3.17. The van der Waals surface area contributed by atoms with Crippen LogP contribution in [0.2, 0.25) is 0 Å². The first-order valence-corrected chi connectivity index (χ1v) is 7.27. The second-order valence-corrected chi connectivity index (χ2v) is 5.86. The highest BCUT2D eigenvalue weighted by Gasteiger charge is 2.17. The van der Waals surface area contributed by atoms with Gasteiger partial charge >= 0.3 is 0 Å². The Morgan fingerprint density at radius 2 is 2.33 bits per heavy atom. The number of thiazole rings is 1. The average molecular weight is 282 g/mol. The largest absolute Gasteiger partial charge is 0.392 e. The van der Waals surface area contributed by atoms with Gasteiger partial charge in [0, 0.05) is 19.0 Å². The minimum Gasteiger partial charge on any atom is -0.392 e. The first kappa shape index (κ1) is 13.2. The predicted molar refractivity (Wildman–Crippen MR) is 74.1 cm³/mol. The summed E-state index contributed by atoms with van der Waals surface area (Å²) in [5.41, 5.74) is 0.437. The topological polar surface area (TPSA) is 53.4 Å². The molecule has 2 aromatic rings. The monoisotopic (exact) mass is 282 g/mol. The van der Waals surface area contributed by atoms with Gasteiger partial charge in [0.05, 0.1) is 11.0 Å². The fraction of sp³-hybridized carbons (Fsp3) is 0.333. The standard InChI is InChI=1S/C12H14N2O2S2/c1-8(15)6-14(2)12(16)9-7-18-11(13-9)10-4-3-5-17-10/h3-5,7-8,15H,6H2,1-2H3. The van der Waals surface area contributed by atoms with E-state index in [9.17, 15) is 9.90 Å². The number of amides is 1. The zero-order valence-electron chi connectivity index (χ0n) is 10.2. The number of thiophene rings is 1. The van der Waals surface area contributed by atoms with Crippen molar-refractivity contribution < 1.29 is 9.90 Å². The van der Waals surface area contributed by atoms with E-state index in [-0.39, 0.29) is 5.91 Å². The lowest BCUT2D eigenvalue weighted by Crippen LogP contribution is -2.33. The third kappa shape index (κ3) is 2.95. The number of hydrogen-bond donors (Lipinski definition) is 1. The Bertz CT molecular complexity index is 520. The Kier molecular flexibility index (Phi) is 4.11. The number of carbonyl (C=O) groups excluding carboxylic acids is 1. The molecule has 1 atom stereocenters. The molecule has 4 nitrogen and oxygen atoms in total. The molecule has 2 aromatic heterocycles. The van der Waals surface area contributed by atoms with Crippen molar-refractivity contribution in [1.29, 1.82) is 0 Å². The average Bonchev–Trinajstić information content (AvgIpc) is 2.97. The molecule has 2 rings (SSSR count). The fourth-order valence-electron chi connectivity index (χ4n) is 1.56. The maximum atomic E-state index is 12.0. The number of nitrogens with zero attached hydrogens (tertiary/aromatic N) is 2. The first-order chi connectivity index (χ1) is 8.58. The van der Waals surface area contributed by atoms with E-state index in [4.69, 9.17) is 0 Å². The van der Waals surface area contributed by atoms with Gasteiger partial charge in [-0.2, -0.15) is 0 Å². The molecule has 0 fully saturated rings. The first-order valence-electron chi connectivity index (χ1n) is 5.51. The molecule has 1 unspecified atom stereocenters. The summed E-state index contributed by atoms with van der Waals surface area (Å²) < 4.78 is 0. The molecule has 0 aliphatic carbocycles. The number of aliphatic hydroxyl groups excluding tert-OH is 1. The summed E-state index contributed by atoms with van der Waals surface area (Å²) in [6.45, 7) is 1.96. The van der Waals surface area contributed by atoms with Gasteiger partial charge in [0.25, 0.3) is 5.91 Å². The van der Waals surface area contributed by atoms with Crippen LogP contribution < -0.4 is 0 Å². The van der Waals surface area contributed by atoms with E-state index in [1.807, 2.05) is 17.5 Å². The van der Waals surface area contributed by atoms with Gasteiger partial charge in [-0.1, -0.05) is 6.07 Å². The van der Waals surface area contributed by atoms with Gasteiger partial charge in [-0.05, 0) is 18.4 Å². The summed E-state index contributed by atoms with van der Waals surface area (Å²) in [6, 6.07) is 3.94. The summed E-state index contributed by atoms with van der Waals surface area (Å²) in [7, 11) is 1.67. The molecular formula is C12H14N2O2S2. The van der Waals surface area contributed by atoms with Crippen molar-refractivity contribution in [3.63, 3.8) is 0 Å². The van der Waals surface area contributed by atoms with Crippen molar-refractivity contribution >= 4 is 28.6 Å². The van der Waals surface area contributed by atoms with Crippen molar-refractivity contribution in [3.8, 4) is 9.88 Å². The van der Waals surface area contributed by atoms with Crippen molar-refractivity contribution in [2.24, 2.45) is 0 Å². The Balaban J connectivity index is 2.13. The van der Waals surface area contributed by atoms with Crippen molar-refractivity contribution in [2.75, 3.05) is 13.6 Å². The van der Waals surface area contributed by atoms with E-state index in [0.717, 1.165) is 9.88 Å². The van der Waals surface area contributed by atoms with Crippen LogP contribution in [0.25, 0.3) is 9.88 Å². The molecule has 1 amide bonds. The van der Waals surface area contributed by atoms with E-state index in [0.29, 0.717) is 12.2 Å². The van der Waals surface area contributed by atoms with Crippen LogP contribution in [0.3, 0.4) is 0 Å². The Hall–Kier alpha value is -1.24. The van der Waals surface area contributed by atoms with Crippen molar-refractivity contribution in [3.05, 3.63) is 28.6 Å². The molecule has 0 bridgehead atoms. The minimum absolute atomic E-state index is 0.157. The lowest BCUT2D eigenvalue weighted by Gasteiger charge is -2.17. The molecule has 96 valence electrons. The highest BCUT2D eigenvalue weighted by atomic mass is 32.1. The van der Waals surface area contributed by atoms with E-state index in [1.165, 1.54) is 16.2 Å². The maximum absolute atomic E-state index is 12.0. The zero-order valence-corrected chi connectivity index (χ0v) is 11.8. The summed E-state index contributed by atoms with van der Waals surface area (Å²) in [5.74, 6) is -0.157. The van der Waals surface area contributed by atoms with Crippen LogP contribution in [0.1, 0.15) is 17.4 Å². The van der Waals surface area contributed by atoms with Gasteiger partial charge in [0.2, 0.25) is 0 Å². The second kappa shape index (κ2) is 5.60. The van der Waals surface area contributed by atoms with Gasteiger partial charge in [0.15, 0.2) is 0 Å². The molecule has 0 saturated heterocycles. The molecule has 0 radical (unpaired) electrons. The summed E-state index contributed by atoms with van der Waals surface area (Å²) >= 11 is 3.06. The van der Waals surface area contributed by atoms with Gasteiger partial charge in [-0.25, -0.2) is 4.98 Å². The smallest absolute Gasteiger partial charge is 0.273 e. The highest BCUT2D eigenvalue weighted by molar-refractivity contribution is 7.20. The third-order valence-corrected chi connectivity index (χ3v) is 4.22. The second-order valence-electron chi connectivity index (χ2n) is 4.05. The Morgan fingerprint density at radius 3 is 2.94 bits per heavy atom. The molecule has 2 heterocycles. The SMILES string of the molecule is CC(O)CN(C)C(=O)c1csc(-c2cccs2)n1. The van der Waals surface area contributed by atoms with Gasteiger partial charge in [0.1, 0.15) is 10.7 Å². The van der Waals surface area contributed by atoms with Crippen molar-refractivity contribution in [2.45, 2.75) is 13.0 Å². The third-order valence-electron chi connectivity index (χ3n) is 2.34. The number of aromatic nitrogens is 1. The van der Waals surface area contributed by atoms with E-state index >= 15 is 0 Å². The van der Waals surface area contributed by atoms with Crippen LogP contribution in [-0.2, 0) is 0 Å². The molecular weight excluding hydrogens is 268 g/mol. The molecule has 1 N–H and O–H groups in total. The molecule has 0 aromatic carbocycles. The Labute approximate surface area is 114 Å². The number of rotatable bonds is 4. The predicted octanol–water partition coefficient (Wildman–Crippen LogP) is 2.32. The van der Waals surface area contributed by atoms with Gasteiger partial charge < -0.3 is 10.0 Å². The van der Waals surface area contributed by atoms with Gasteiger partial charge in [-0.15, -0.1) is 22.7 Å². The molecule has 0 saturated carbocycles. The number of likely N-dealkylation sites (N-methyl/N-ethyl adjacent to an activating group) is 1. The highest BCUT2D eigenvalue weighted by Crippen LogP contribution is 2.28. The van der Waals surface area contributed by atoms with Crippen LogP contribution in [0.15, 0.2) is 22.9 Å². The molecule has 0 aliphatic rings. The molecule has 18 heavy (non-hydrogen) atoms. The van der Waals surface area contributed by atoms with Crippen LogP contribution >= 0.6 is 22.7 Å². The quantitative estimate of drug-likeness (QED) is 0.936. The van der Waals surface area contributed by atoms with Crippen LogP contribution in [0.4, 0.5) is 0 Å². The molecule has 0 spiro atoms. The maximum Gasteiger partial charge on any atom is 0.273 e. The number of carbonyl (C=O) groups is 1. The summed E-state index contributed by atoms with van der Waals surface area (Å²) in [4.78, 5) is 18.9. The van der Waals surface area contributed by atoms with Crippen LogP contribution in [0.5, 0.6) is 0 Å². The van der Waals surface area contributed by atoms with E-state index in [2.05, 4.69) is 4.98 Å².